The van der Waals surface area contributed by atoms with Crippen LogP contribution in [0.4, 0.5) is 34.1 Å². The van der Waals surface area contributed by atoms with Gasteiger partial charge in [0.05, 0.1) is 18.5 Å². The van der Waals surface area contributed by atoms with Crippen molar-refractivity contribution in [2.75, 3.05) is 16.9 Å². The Hall–Kier alpha value is -8.41. The van der Waals surface area contributed by atoms with Gasteiger partial charge in [0.2, 0.25) is 0 Å². The third-order valence-corrected chi connectivity index (χ3v) is 11.7. The van der Waals surface area contributed by atoms with Crippen molar-refractivity contribution in [2.45, 2.75) is 6.92 Å². The number of ketones is 1. The maximum atomic E-state index is 13.1. The Morgan fingerprint density at radius 3 is 1.17 bits per heavy atom. The third-order valence-electron chi connectivity index (χ3n) is 11.7. The molecule has 10 aromatic carbocycles. The van der Waals surface area contributed by atoms with Crippen molar-refractivity contribution in [3.05, 3.63) is 247 Å². The summed E-state index contributed by atoms with van der Waals surface area (Å²) in [6.07, 6.45) is 0. The molecule has 0 heterocycles. The second-order valence-corrected chi connectivity index (χ2v) is 15.8. The summed E-state index contributed by atoms with van der Waals surface area (Å²) in [4.78, 5) is 17.7. The summed E-state index contributed by atoms with van der Waals surface area (Å²) in [5.74, 6) is 2.16. The van der Waals surface area contributed by atoms with Gasteiger partial charge in [-0.15, -0.1) is 0 Å². The highest BCUT2D eigenvalue weighted by Gasteiger charge is 2.18. The molecule has 64 heavy (non-hydrogen) atoms. The van der Waals surface area contributed by atoms with Gasteiger partial charge in [0.1, 0.15) is 17.2 Å². The fraction of sp³-hybridized carbons (Fsp3) is 0.0339. The number of carbonyl (C=O) groups is 1. The summed E-state index contributed by atoms with van der Waals surface area (Å²) in [5.41, 5.74) is 10.9. The van der Waals surface area contributed by atoms with E-state index in [-0.39, 0.29) is 5.78 Å². The lowest BCUT2D eigenvalue weighted by atomic mass is 10.0. The third kappa shape index (κ3) is 8.06. The minimum atomic E-state index is -0.0137. The number of anilines is 6. The Labute approximate surface area is 373 Å². The lowest BCUT2D eigenvalue weighted by molar-refractivity contribution is 0.103. The zero-order valence-electron chi connectivity index (χ0n) is 35.6. The monoisotopic (exact) mass is 828 g/mol. The highest BCUT2D eigenvalue weighted by molar-refractivity contribution is 6.09. The fourth-order valence-electron chi connectivity index (χ4n) is 8.34. The molecule has 5 nitrogen and oxygen atoms in total. The van der Waals surface area contributed by atoms with E-state index in [2.05, 4.69) is 168 Å². The molecule has 0 aliphatic rings. The maximum Gasteiger partial charge on any atom is 0.193 e. The van der Waals surface area contributed by atoms with Crippen molar-refractivity contribution in [2.24, 2.45) is 0 Å². The molecular weight excluding hydrogens is 785 g/mol. The summed E-state index contributed by atoms with van der Waals surface area (Å²) < 4.78 is 11.8. The second kappa shape index (κ2) is 17.5. The molecule has 0 N–H and O–H groups in total. The number of hydrogen-bond acceptors (Lipinski definition) is 5. The summed E-state index contributed by atoms with van der Waals surface area (Å²) in [5, 5.41) is 4.68. The van der Waals surface area contributed by atoms with Crippen LogP contribution in [0.1, 0.15) is 21.5 Å². The van der Waals surface area contributed by atoms with Gasteiger partial charge in [-0.05, 0) is 138 Å². The molecule has 0 amide bonds. The van der Waals surface area contributed by atoms with Crippen molar-refractivity contribution in [1.82, 2.24) is 0 Å². The van der Waals surface area contributed by atoms with Gasteiger partial charge in [0, 0.05) is 44.6 Å². The minimum absolute atomic E-state index is 0.0137. The lowest BCUT2D eigenvalue weighted by Crippen LogP contribution is -2.10. The van der Waals surface area contributed by atoms with Crippen LogP contribution in [-0.2, 0) is 0 Å². The second-order valence-electron chi connectivity index (χ2n) is 15.8. The molecule has 10 rings (SSSR count). The number of benzene rings is 10. The van der Waals surface area contributed by atoms with E-state index in [1.54, 1.807) is 7.11 Å². The van der Waals surface area contributed by atoms with E-state index in [0.717, 1.165) is 67.3 Å². The van der Waals surface area contributed by atoms with Crippen LogP contribution in [0.5, 0.6) is 17.2 Å². The maximum absolute atomic E-state index is 13.1. The average Bonchev–Trinajstić information content (AvgIpc) is 3.36. The number of rotatable bonds is 12. The molecule has 10 aromatic rings. The molecule has 0 aliphatic carbocycles. The Kier molecular flexibility index (Phi) is 10.9. The highest BCUT2D eigenvalue weighted by Crippen LogP contribution is 2.42. The molecule has 0 atom stereocenters. The van der Waals surface area contributed by atoms with Crippen LogP contribution in [0.2, 0.25) is 0 Å². The van der Waals surface area contributed by atoms with Crippen LogP contribution >= 0.6 is 0 Å². The van der Waals surface area contributed by atoms with Crippen LogP contribution in [0.25, 0.3) is 32.7 Å². The molecule has 0 fully saturated rings. The molecule has 0 aromatic heterocycles. The first kappa shape index (κ1) is 39.7. The molecule has 0 bridgehead atoms. The summed E-state index contributed by atoms with van der Waals surface area (Å²) in [6, 6.07) is 78.7. The van der Waals surface area contributed by atoms with E-state index in [9.17, 15) is 4.79 Å². The standard InChI is InChI=1S/C59H44N2O3/c1-41-17-19-46(20-18-41)59(62)47-25-35-53(36-26-47)64-54-39-33-51(34-40-54)61(58-16-8-12-45-10-4-6-14-56(45)58)49-29-23-43(24-30-49)42-21-27-48(28-22-42)60(50-31-37-52(63-2)38-32-50)57-15-7-11-44-9-3-5-13-55(44)57/h3-40H,1-2H3. The highest BCUT2D eigenvalue weighted by atomic mass is 16.5. The smallest absolute Gasteiger partial charge is 0.193 e. The Balaban J connectivity index is 0.937. The van der Waals surface area contributed by atoms with Crippen LogP contribution in [0, 0.1) is 6.92 Å². The number of aryl methyl sites for hydroxylation is 1. The zero-order chi connectivity index (χ0) is 43.4. The van der Waals surface area contributed by atoms with E-state index in [0.29, 0.717) is 22.6 Å². The SMILES string of the molecule is COc1ccc(N(c2ccc(-c3ccc(N(c4ccc(Oc5ccc(C(=O)c6ccc(C)cc6)cc5)cc4)c4cccc5ccccc45)cc3)cc2)c2cccc3ccccc23)cc1. The van der Waals surface area contributed by atoms with E-state index in [1.165, 1.54) is 10.8 Å². The molecule has 5 heteroatoms. The van der Waals surface area contributed by atoms with Crippen molar-refractivity contribution < 1.29 is 14.3 Å². The van der Waals surface area contributed by atoms with E-state index in [4.69, 9.17) is 9.47 Å². The van der Waals surface area contributed by atoms with Crippen molar-refractivity contribution in [3.8, 4) is 28.4 Å². The quantitative estimate of drug-likeness (QED) is 0.115. The Morgan fingerprint density at radius 1 is 0.375 bits per heavy atom. The predicted octanol–water partition coefficient (Wildman–Crippen LogP) is 15.9. The molecule has 0 saturated heterocycles. The minimum Gasteiger partial charge on any atom is -0.497 e. The van der Waals surface area contributed by atoms with E-state index < -0.39 is 0 Å². The van der Waals surface area contributed by atoms with Gasteiger partial charge < -0.3 is 19.3 Å². The van der Waals surface area contributed by atoms with Gasteiger partial charge in [-0.25, -0.2) is 0 Å². The summed E-state index contributed by atoms with van der Waals surface area (Å²) in [6.45, 7) is 2.01. The fourth-order valence-corrected chi connectivity index (χ4v) is 8.34. The van der Waals surface area contributed by atoms with Crippen LogP contribution < -0.4 is 19.3 Å². The number of ether oxygens (including phenoxy) is 2. The zero-order valence-corrected chi connectivity index (χ0v) is 35.6. The van der Waals surface area contributed by atoms with E-state index >= 15 is 0 Å². The van der Waals surface area contributed by atoms with Crippen LogP contribution in [0.3, 0.4) is 0 Å². The number of methoxy groups -OCH3 is 1. The van der Waals surface area contributed by atoms with Crippen molar-refractivity contribution in [3.63, 3.8) is 0 Å². The number of carbonyl (C=O) groups excluding carboxylic acids is 1. The summed E-state index contributed by atoms with van der Waals surface area (Å²) in [7, 11) is 1.69. The lowest BCUT2D eigenvalue weighted by Gasteiger charge is -2.27. The first-order chi connectivity index (χ1) is 31.5. The van der Waals surface area contributed by atoms with Crippen molar-refractivity contribution in [1.29, 1.82) is 0 Å². The molecule has 0 aliphatic heterocycles. The van der Waals surface area contributed by atoms with Gasteiger partial charge in [-0.3, -0.25) is 4.79 Å². The van der Waals surface area contributed by atoms with Crippen LogP contribution in [-0.4, -0.2) is 12.9 Å². The molecule has 308 valence electrons. The average molecular weight is 829 g/mol. The number of fused-ring (bicyclic) bond motifs is 2. The van der Waals surface area contributed by atoms with Gasteiger partial charge in [0.15, 0.2) is 5.78 Å². The predicted molar refractivity (Wildman–Crippen MR) is 264 cm³/mol. The molecule has 0 radical (unpaired) electrons. The van der Waals surface area contributed by atoms with Gasteiger partial charge in [-0.1, -0.05) is 127 Å². The Bertz CT molecular complexity index is 3210. The number of nitrogens with zero attached hydrogens (tertiary/aromatic N) is 2. The topological polar surface area (TPSA) is 42.0 Å². The van der Waals surface area contributed by atoms with Crippen molar-refractivity contribution >= 4 is 61.5 Å². The van der Waals surface area contributed by atoms with Gasteiger partial charge in [0.25, 0.3) is 0 Å². The molecule has 0 unspecified atom stereocenters. The van der Waals surface area contributed by atoms with Gasteiger partial charge >= 0.3 is 0 Å². The van der Waals surface area contributed by atoms with Gasteiger partial charge in [-0.2, -0.15) is 0 Å². The number of hydrogen-bond donors (Lipinski definition) is 0. The molecule has 0 saturated carbocycles. The first-order valence-electron chi connectivity index (χ1n) is 21.4. The summed E-state index contributed by atoms with van der Waals surface area (Å²) >= 11 is 0. The largest absolute Gasteiger partial charge is 0.497 e. The molecule has 0 spiro atoms. The first-order valence-corrected chi connectivity index (χ1v) is 21.4. The Morgan fingerprint density at radius 2 is 0.734 bits per heavy atom. The normalized spacial score (nSPS) is 11.0. The van der Waals surface area contributed by atoms with E-state index in [1.807, 2.05) is 79.7 Å². The van der Waals surface area contributed by atoms with Crippen LogP contribution in [0.15, 0.2) is 231 Å². The molecular formula is C59H44N2O3.